The Balaban J connectivity index is 1.57. The summed E-state index contributed by atoms with van der Waals surface area (Å²) < 4.78 is 17.2. The maximum absolute atomic E-state index is 5.84. The predicted molar refractivity (Wildman–Crippen MR) is 127 cm³/mol. The lowest BCUT2D eigenvalue weighted by Crippen LogP contribution is -2.43. The van der Waals surface area contributed by atoms with Crippen LogP contribution in [0.3, 0.4) is 0 Å². The summed E-state index contributed by atoms with van der Waals surface area (Å²) in [6.07, 6.45) is 5.07. The van der Waals surface area contributed by atoms with Gasteiger partial charge in [-0.15, -0.1) is 0 Å². The zero-order valence-electron chi connectivity index (χ0n) is 18.5. The quantitative estimate of drug-likeness (QED) is 0.527. The van der Waals surface area contributed by atoms with Gasteiger partial charge in [0.15, 0.2) is 16.6 Å². The molecular weight excluding hydrogens is 410 g/mol. The molecule has 0 aliphatic carbocycles. The van der Waals surface area contributed by atoms with E-state index in [1.165, 1.54) is 5.56 Å². The summed E-state index contributed by atoms with van der Waals surface area (Å²) in [4.78, 5) is 6.62. The molecule has 0 bridgehead atoms. The first kappa shape index (κ1) is 23.3. The molecule has 1 atom stereocenters. The molecule has 2 heterocycles. The highest BCUT2D eigenvalue weighted by molar-refractivity contribution is 7.80. The molecule has 1 aliphatic heterocycles. The van der Waals surface area contributed by atoms with E-state index in [-0.39, 0.29) is 6.10 Å². The van der Waals surface area contributed by atoms with Crippen molar-refractivity contribution in [1.29, 1.82) is 0 Å². The minimum atomic E-state index is 0.225. The highest BCUT2D eigenvalue weighted by atomic mass is 32.1. The monoisotopic (exact) mass is 443 g/mol. The molecule has 1 aromatic carbocycles. The number of nitrogens with zero attached hydrogens (tertiary/aromatic N) is 2. The molecular formula is C24H33N3O3S. The van der Waals surface area contributed by atoms with Crippen LogP contribution >= 0.6 is 12.2 Å². The molecule has 2 aromatic rings. The number of ether oxygens (including phenoxy) is 3. The minimum Gasteiger partial charge on any atom is -0.490 e. The fourth-order valence-electron chi connectivity index (χ4n) is 3.62. The second-order valence-electron chi connectivity index (χ2n) is 7.47. The largest absolute Gasteiger partial charge is 0.490 e. The lowest BCUT2D eigenvalue weighted by atomic mass is 10.1. The summed E-state index contributed by atoms with van der Waals surface area (Å²) in [7, 11) is 0. The van der Waals surface area contributed by atoms with E-state index in [1.54, 1.807) is 0 Å². The van der Waals surface area contributed by atoms with Crippen molar-refractivity contribution in [1.82, 2.24) is 15.2 Å². The van der Waals surface area contributed by atoms with Gasteiger partial charge in [-0.3, -0.25) is 4.98 Å². The number of hydrogen-bond acceptors (Lipinski definition) is 5. The fourth-order valence-corrected chi connectivity index (χ4v) is 3.86. The lowest BCUT2D eigenvalue weighted by Gasteiger charge is -2.28. The van der Waals surface area contributed by atoms with Gasteiger partial charge in [0.25, 0.3) is 0 Å². The molecule has 3 rings (SSSR count). The van der Waals surface area contributed by atoms with Crippen LogP contribution in [0.1, 0.15) is 37.9 Å². The van der Waals surface area contributed by atoms with E-state index in [0.717, 1.165) is 61.3 Å². The van der Waals surface area contributed by atoms with Crippen molar-refractivity contribution in [2.75, 3.05) is 32.9 Å². The molecule has 1 saturated heterocycles. The molecule has 1 aromatic heterocycles. The van der Waals surface area contributed by atoms with Gasteiger partial charge >= 0.3 is 0 Å². The zero-order valence-corrected chi connectivity index (χ0v) is 19.3. The van der Waals surface area contributed by atoms with E-state index in [4.69, 9.17) is 26.4 Å². The summed E-state index contributed by atoms with van der Waals surface area (Å²) in [5.41, 5.74) is 2.18. The molecule has 1 aliphatic rings. The van der Waals surface area contributed by atoms with Gasteiger partial charge in [-0.2, -0.15) is 0 Å². The first-order valence-corrected chi connectivity index (χ1v) is 11.5. The lowest BCUT2D eigenvalue weighted by molar-refractivity contribution is 0.0895. The number of aromatic nitrogens is 1. The first-order valence-electron chi connectivity index (χ1n) is 11.1. The van der Waals surface area contributed by atoms with Crippen molar-refractivity contribution in [2.24, 2.45) is 0 Å². The van der Waals surface area contributed by atoms with Gasteiger partial charge in [0.2, 0.25) is 0 Å². The van der Waals surface area contributed by atoms with E-state index in [0.29, 0.717) is 19.8 Å². The predicted octanol–water partition coefficient (Wildman–Crippen LogP) is 3.98. The summed E-state index contributed by atoms with van der Waals surface area (Å²) in [5.74, 6) is 1.58. The summed E-state index contributed by atoms with van der Waals surface area (Å²) in [6.45, 7) is 8.20. The van der Waals surface area contributed by atoms with Crippen LogP contribution in [-0.2, 0) is 17.7 Å². The number of nitrogens with one attached hydrogen (secondary N) is 1. The van der Waals surface area contributed by atoms with Crippen molar-refractivity contribution in [3.8, 4) is 11.5 Å². The Morgan fingerprint density at radius 3 is 2.74 bits per heavy atom. The Labute approximate surface area is 190 Å². The topological polar surface area (TPSA) is 55.9 Å². The molecule has 1 N–H and O–H groups in total. The van der Waals surface area contributed by atoms with Crippen molar-refractivity contribution < 1.29 is 14.2 Å². The van der Waals surface area contributed by atoms with E-state index in [2.05, 4.69) is 27.3 Å². The van der Waals surface area contributed by atoms with E-state index in [1.807, 2.05) is 44.3 Å². The van der Waals surface area contributed by atoms with Crippen molar-refractivity contribution in [3.63, 3.8) is 0 Å². The molecule has 7 heteroatoms. The molecule has 0 radical (unpaired) electrons. The maximum atomic E-state index is 5.84. The summed E-state index contributed by atoms with van der Waals surface area (Å²) in [6, 6.07) is 12.1. The van der Waals surface area contributed by atoms with Crippen molar-refractivity contribution in [2.45, 2.75) is 45.8 Å². The number of rotatable bonds is 11. The van der Waals surface area contributed by atoms with Crippen LogP contribution in [-0.4, -0.2) is 54.0 Å². The number of pyridine rings is 1. The molecule has 6 nitrogen and oxygen atoms in total. The van der Waals surface area contributed by atoms with Crippen LogP contribution < -0.4 is 14.8 Å². The van der Waals surface area contributed by atoms with Crippen LogP contribution in [0.25, 0.3) is 0 Å². The smallest absolute Gasteiger partial charge is 0.169 e. The van der Waals surface area contributed by atoms with Gasteiger partial charge in [0.1, 0.15) is 0 Å². The Bertz CT molecular complexity index is 813. The van der Waals surface area contributed by atoms with Crippen LogP contribution in [0, 0.1) is 0 Å². The van der Waals surface area contributed by atoms with Crippen molar-refractivity contribution >= 4 is 17.3 Å². The molecule has 31 heavy (non-hydrogen) atoms. The van der Waals surface area contributed by atoms with Crippen LogP contribution in [0.4, 0.5) is 0 Å². The highest BCUT2D eigenvalue weighted by Gasteiger charge is 2.21. The Morgan fingerprint density at radius 2 is 2.03 bits per heavy atom. The average Bonchev–Trinajstić information content (AvgIpc) is 3.29. The van der Waals surface area contributed by atoms with Gasteiger partial charge in [-0.25, -0.2) is 0 Å². The summed E-state index contributed by atoms with van der Waals surface area (Å²) >= 11 is 5.73. The normalized spacial score (nSPS) is 15.5. The van der Waals surface area contributed by atoms with Gasteiger partial charge in [-0.1, -0.05) is 12.1 Å². The summed E-state index contributed by atoms with van der Waals surface area (Å²) in [5, 5.41) is 4.15. The second-order valence-corrected chi connectivity index (χ2v) is 7.85. The molecule has 0 spiro atoms. The standard InChI is InChI=1S/C24H33N3O3S/c1-3-28-22-11-10-19(16-23(22)29-4-2)12-14-26-24(31)27(18-21-9-7-15-30-21)17-20-8-5-6-13-25-20/h5-6,8,10-11,13,16,21H,3-4,7,9,12,14-15,17-18H2,1-2H3,(H,26,31)/t21-/m1/s1. The average molecular weight is 444 g/mol. The van der Waals surface area contributed by atoms with Crippen LogP contribution in [0.5, 0.6) is 11.5 Å². The fraction of sp³-hybridized carbons (Fsp3) is 0.500. The Hall–Kier alpha value is -2.38. The zero-order chi connectivity index (χ0) is 21.9. The third-order valence-corrected chi connectivity index (χ3v) is 5.51. The van der Waals surface area contributed by atoms with Crippen LogP contribution in [0.2, 0.25) is 0 Å². The molecule has 1 fully saturated rings. The second kappa shape index (κ2) is 12.5. The number of hydrogen-bond donors (Lipinski definition) is 1. The van der Waals surface area contributed by atoms with Gasteiger partial charge in [0, 0.05) is 25.9 Å². The highest BCUT2D eigenvalue weighted by Crippen LogP contribution is 2.28. The van der Waals surface area contributed by atoms with Gasteiger partial charge < -0.3 is 24.4 Å². The minimum absolute atomic E-state index is 0.225. The molecule has 168 valence electrons. The maximum Gasteiger partial charge on any atom is 0.169 e. The molecule has 0 unspecified atom stereocenters. The third kappa shape index (κ3) is 7.36. The Kier molecular flexibility index (Phi) is 9.37. The van der Waals surface area contributed by atoms with E-state index >= 15 is 0 Å². The number of benzene rings is 1. The third-order valence-electron chi connectivity index (χ3n) is 5.11. The SMILES string of the molecule is CCOc1ccc(CCNC(=S)N(Cc2ccccn2)C[C@H]2CCCO2)cc1OCC. The molecule has 0 saturated carbocycles. The van der Waals surface area contributed by atoms with Gasteiger partial charge in [0.05, 0.1) is 31.6 Å². The Morgan fingerprint density at radius 1 is 1.19 bits per heavy atom. The molecule has 0 amide bonds. The first-order chi connectivity index (χ1) is 15.2. The van der Waals surface area contributed by atoms with E-state index in [9.17, 15) is 0 Å². The number of thiocarbonyl (C=S) groups is 1. The van der Waals surface area contributed by atoms with E-state index < -0.39 is 0 Å². The van der Waals surface area contributed by atoms with Crippen molar-refractivity contribution in [3.05, 3.63) is 53.9 Å². The van der Waals surface area contributed by atoms with Gasteiger partial charge in [-0.05, 0) is 75.2 Å². The van der Waals surface area contributed by atoms with Crippen LogP contribution in [0.15, 0.2) is 42.6 Å².